The van der Waals surface area contributed by atoms with E-state index < -0.39 is 12.2 Å². The first-order chi connectivity index (χ1) is 9.22. The fourth-order valence-electron chi connectivity index (χ4n) is 2.55. The molecule has 1 aromatic rings. The standard InChI is InChI=1S/C15H24N2O2/c1-16-8-7-14(18)15(19)12-5-4-6-13(11-12)17-9-2-3-10-17/h4-6,11,14-16,18-19H,2-3,7-10H2,1H3. The van der Waals surface area contributed by atoms with Crippen molar-refractivity contribution in [3.63, 3.8) is 0 Å². The predicted molar refractivity (Wildman–Crippen MR) is 77.4 cm³/mol. The van der Waals surface area contributed by atoms with Crippen LogP contribution in [0.1, 0.15) is 30.9 Å². The molecule has 0 spiro atoms. The quantitative estimate of drug-likeness (QED) is 0.725. The maximum absolute atomic E-state index is 10.2. The zero-order valence-electron chi connectivity index (χ0n) is 11.5. The first kappa shape index (κ1) is 14.3. The van der Waals surface area contributed by atoms with Crippen molar-refractivity contribution in [3.8, 4) is 0 Å². The van der Waals surface area contributed by atoms with Gasteiger partial charge < -0.3 is 20.4 Å². The number of aliphatic hydroxyl groups is 2. The second kappa shape index (κ2) is 6.89. The fourth-order valence-corrected chi connectivity index (χ4v) is 2.55. The number of hydrogen-bond donors (Lipinski definition) is 3. The van der Waals surface area contributed by atoms with Gasteiger partial charge in [-0.05, 0) is 50.6 Å². The lowest BCUT2D eigenvalue weighted by Crippen LogP contribution is -2.24. The first-order valence-corrected chi connectivity index (χ1v) is 7.08. The Bertz CT molecular complexity index is 391. The van der Waals surface area contributed by atoms with Crippen molar-refractivity contribution < 1.29 is 10.2 Å². The van der Waals surface area contributed by atoms with Gasteiger partial charge in [-0.3, -0.25) is 0 Å². The van der Waals surface area contributed by atoms with Gasteiger partial charge in [0.25, 0.3) is 0 Å². The first-order valence-electron chi connectivity index (χ1n) is 7.08. The molecule has 2 unspecified atom stereocenters. The van der Waals surface area contributed by atoms with Crippen molar-refractivity contribution in [1.29, 1.82) is 0 Å². The third-order valence-corrected chi connectivity index (χ3v) is 3.74. The van der Waals surface area contributed by atoms with Crippen molar-refractivity contribution in [1.82, 2.24) is 5.32 Å². The van der Waals surface area contributed by atoms with Gasteiger partial charge in [-0.25, -0.2) is 0 Å². The van der Waals surface area contributed by atoms with Gasteiger partial charge in [-0.1, -0.05) is 12.1 Å². The normalized spacial score (nSPS) is 18.6. The van der Waals surface area contributed by atoms with E-state index in [1.165, 1.54) is 12.8 Å². The summed E-state index contributed by atoms with van der Waals surface area (Å²) in [6, 6.07) is 7.91. The van der Waals surface area contributed by atoms with E-state index in [0.29, 0.717) is 13.0 Å². The van der Waals surface area contributed by atoms with Crippen LogP contribution in [0.5, 0.6) is 0 Å². The average molecular weight is 264 g/mol. The van der Waals surface area contributed by atoms with Gasteiger partial charge in [0.2, 0.25) is 0 Å². The number of nitrogens with zero attached hydrogens (tertiary/aromatic N) is 1. The van der Waals surface area contributed by atoms with E-state index in [0.717, 1.165) is 24.3 Å². The summed E-state index contributed by atoms with van der Waals surface area (Å²) in [5.41, 5.74) is 1.95. The zero-order valence-corrected chi connectivity index (χ0v) is 11.5. The molecule has 0 saturated carbocycles. The summed E-state index contributed by atoms with van der Waals surface area (Å²) in [7, 11) is 1.84. The minimum absolute atomic E-state index is 0.547. The molecule has 0 radical (unpaired) electrons. The Morgan fingerprint density at radius 1 is 1.26 bits per heavy atom. The van der Waals surface area contributed by atoms with Crippen LogP contribution in [0.3, 0.4) is 0 Å². The lowest BCUT2D eigenvalue weighted by molar-refractivity contribution is 0.0140. The van der Waals surface area contributed by atoms with Crippen LogP contribution in [0.15, 0.2) is 24.3 Å². The molecule has 4 heteroatoms. The van der Waals surface area contributed by atoms with Crippen LogP contribution in [0, 0.1) is 0 Å². The molecule has 1 heterocycles. The zero-order chi connectivity index (χ0) is 13.7. The van der Waals surface area contributed by atoms with Crippen molar-refractivity contribution in [2.24, 2.45) is 0 Å². The van der Waals surface area contributed by atoms with Crippen LogP contribution in [0.4, 0.5) is 5.69 Å². The molecule has 1 aliphatic heterocycles. The third-order valence-electron chi connectivity index (χ3n) is 3.74. The Labute approximate surface area is 115 Å². The summed E-state index contributed by atoms with van der Waals surface area (Å²) in [4.78, 5) is 2.33. The molecule has 1 saturated heterocycles. The summed E-state index contributed by atoms with van der Waals surface area (Å²) >= 11 is 0. The summed E-state index contributed by atoms with van der Waals surface area (Å²) < 4.78 is 0. The van der Waals surface area contributed by atoms with Crippen LogP contribution >= 0.6 is 0 Å². The number of nitrogens with one attached hydrogen (secondary N) is 1. The molecular formula is C15H24N2O2. The topological polar surface area (TPSA) is 55.7 Å². The lowest BCUT2D eigenvalue weighted by atomic mass is 10.0. The Kier molecular flexibility index (Phi) is 5.19. The summed E-state index contributed by atoms with van der Waals surface area (Å²) in [5, 5.41) is 23.1. The highest BCUT2D eigenvalue weighted by Crippen LogP contribution is 2.26. The molecule has 4 nitrogen and oxygen atoms in total. The van der Waals surface area contributed by atoms with E-state index in [2.05, 4.69) is 16.3 Å². The van der Waals surface area contributed by atoms with E-state index in [9.17, 15) is 10.2 Å². The second-order valence-electron chi connectivity index (χ2n) is 5.19. The molecule has 1 fully saturated rings. The summed E-state index contributed by atoms with van der Waals surface area (Å²) in [5.74, 6) is 0. The molecule has 2 atom stereocenters. The largest absolute Gasteiger partial charge is 0.390 e. The van der Waals surface area contributed by atoms with Crippen molar-refractivity contribution in [2.75, 3.05) is 31.6 Å². The molecule has 1 aromatic carbocycles. The number of hydrogen-bond acceptors (Lipinski definition) is 4. The van der Waals surface area contributed by atoms with Crippen LogP contribution in [0.2, 0.25) is 0 Å². The Hall–Kier alpha value is -1.10. The van der Waals surface area contributed by atoms with Gasteiger partial charge in [-0.2, -0.15) is 0 Å². The van der Waals surface area contributed by atoms with Crippen molar-refractivity contribution in [2.45, 2.75) is 31.5 Å². The van der Waals surface area contributed by atoms with Gasteiger partial charge in [0, 0.05) is 18.8 Å². The number of benzene rings is 1. The van der Waals surface area contributed by atoms with Gasteiger partial charge in [-0.15, -0.1) is 0 Å². The van der Waals surface area contributed by atoms with Crippen molar-refractivity contribution in [3.05, 3.63) is 29.8 Å². The lowest BCUT2D eigenvalue weighted by Gasteiger charge is -2.22. The third kappa shape index (κ3) is 3.69. The minimum Gasteiger partial charge on any atom is -0.390 e. The Balaban J connectivity index is 2.04. The van der Waals surface area contributed by atoms with Crippen LogP contribution in [-0.2, 0) is 0 Å². The molecule has 0 amide bonds. The molecule has 2 rings (SSSR count). The van der Waals surface area contributed by atoms with Crippen LogP contribution in [0.25, 0.3) is 0 Å². The van der Waals surface area contributed by atoms with E-state index in [4.69, 9.17) is 0 Å². The van der Waals surface area contributed by atoms with Gasteiger partial charge >= 0.3 is 0 Å². The highest BCUT2D eigenvalue weighted by molar-refractivity contribution is 5.49. The smallest absolute Gasteiger partial charge is 0.105 e. The van der Waals surface area contributed by atoms with E-state index in [1.807, 2.05) is 25.2 Å². The molecule has 3 N–H and O–H groups in total. The molecule has 1 aliphatic rings. The maximum atomic E-state index is 10.2. The highest BCUT2D eigenvalue weighted by atomic mass is 16.3. The second-order valence-corrected chi connectivity index (χ2v) is 5.19. The molecule has 0 aliphatic carbocycles. The van der Waals surface area contributed by atoms with E-state index >= 15 is 0 Å². The van der Waals surface area contributed by atoms with Crippen LogP contribution in [-0.4, -0.2) is 43.0 Å². The Morgan fingerprint density at radius 3 is 2.68 bits per heavy atom. The Morgan fingerprint density at radius 2 is 2.00 bits per heavy atom. The molecule has 0 aromatic heterocycles. The average Bonchev–Trinajstić information content (AvgIpc) is 2.98. The molecule has 106 valence electrons. The monoisotopic (exact) mass is 264 g/mol. The van der Waals surface area contributed by atoms with Gasteiger partial charge in [0.05, 0.1) is 6.10 Å². The fraction of sp³-hybridized carbons (Fsp3) is 0.600. The minimum atomic E-state index is -0.809. The van der Waals surface area contributed by atoms with E-state index in [1.54, 1.807) is 0 Å². The molecule has 0 bridgehead atoms. The summed E-state index contributed by atoms with van der Waals surface area (Å²) in [6.45, 7) is 2.87. The van der Waals surface area contributed by atoms with Gasteiger partial charge in [0.1, 0.15) is 6.10 Å². The maximum Gasteiger partial charge on any atom is 0.105 e. The van der Waals surface area contributed by atoms with Crippen LogP contribution < -0.4 is 10.2 Å². The van der Waals surface area contributed by atoms with E-state index in [-0.39, 0.29) is 0 Å². The molecular weight excluding hydrogens is 240 g/mol. The number of rotatable bonds is 6. The number of anilines is 1. The van der Waals surface area contributed by atoms with Crippen molar-refractivity contribution >= 4 is 5.69 Å². The SMILES string of the molecule is CNCCC(O)C(O)c1cccc(N2CCCC2)c1. The number of aliphatic hydroxyl groups excluding tert-OH is 2. The predicted octanol–water partition coefficient (Wildman–Crippen LogP) is 1.29. The highest BCUT2D eigenvalue weighted by Gasteiger charge is 2.19. The van der Waals surface area contributed by atoms with Gasteiger partial charge in [0.15, 0.2) is 0 Å². The summed E-state index contributed by atoms with van der Waals surface area (Å²) in [6.07, 6.45) is 1.48. The molecule has 19 heavy (non-hydrogen) atoms.